The van der Waals surface area contributed by atoms with Crippen LogP contribution in [-0.4, -0.2) is 36.1 Å². The molecule has 0 atom stereocenters. The number of nitrogens with zero attached hydrogens (tertiary/aromatic N) is 1. The van der Waals surface area contributed by atoms with Gasteiger partial charge in [0.05, 0.1) is 6.54 Å². The molecule has 4 nitrogen and oxygen atoms in total. The fourth-order valence-electron chi connectivity index (χ4n) is 2.79. The molecule has 2 heterocycles. The smallest absolute Gasteiger partial charge is 0.231 e. The zero-order valence-corrected chi connectivity index (χ0v) is 11.4. The van der Waals surface area contributed by atoms with Gasteiger partial charge in [-0.15, -0.1) is 0 Å². The number of hydrogen-bond acceptors (Lipinski definition) is 4. The second-order valence-electron chi connectivity index (χ2n) is 5.83. The third-order valence-corrected chi connectivity index (χ3v) is 4.10. The Bertz CT molecular complexity index is 510. The molecule has 19 heavy (non-hydrogen) atoms. The van der Waals surface area contributed by atoms with Gasteiger partial charge in [-0.1, -0.05) is 0 Å². The lowest BCUT2D eigenvalue weighted by molar-refractivity contribution is 0.0871. The Morgan fingerprint density at radius 1 is 1.32 bits per heavy atom. The minimum atomic E-state index is 0.131. The van der Waals surface area contributed by atoms with Crippen LogP contribution in [0.3, 0.4) is 0 Å². The number of ketones is 1. The number of rotatable bonds is 3. The van der Waals surface area contributed by atoms with Crippen LogP contribution in [0.1, 0.15) is 37.0 Å². The van der Waals surface area contributed by atoms with Crippen LogP contribution in [0.15, 0.2) is 18.2 Å². The zero-order valence-electron chi connectivity index (χ0n) is 11.4. The number of hydrogen-bond donors (Lipinski definition) is 0. The molecule has 0 aromatic heterocycles. The van der Waals surface area contributed by atoms with Crippen LogP contribution in [-0.2, 0) is 0 Å². The summed E-state index contributed by atoms with van der Waals surface area (Å²) >= 11 is 0. The summed E-state index contributed by atoms with van der Waals surface area (Å²) in [7, 11) is 0. The molecule has 0 saturated carbocycles. The standard InChI is InChI=1S/C15H19NO3/c1-15(2)6-3-7-16(15)9-12(17)11-4-5-13-14(8-11)19-10-18-13/h4-5,8H,3,6-7,9-10H2,1-2H3. The maximum atomic E-state index is 12.4. The maximum Gasteiger partial charge on any atom is 0.231 e. The van der Waals surface area contributed by atoms with Crippen molar-refractivity contribution in [2.24, 2.45) is 0 Å². The lowest BCUT2D eigenvalue weighted by Gasteiger charge is -2.30. The Morgan fingerprint density at radius 3 is 2.84 bits per heavy atom. The number of fused-ring (bicyclic) bond motifs is 1. The second-order valence-corrected chi connectivity index (χ2v) is 5.83. The SMILES string of the molecule is CC1(C)CCCN1CC(=O)c1ccc2c(c1)OCO2. The highest BCUT2D eigenvalue weighted by Crippen LogP contribution is 2.33. The average Bonchev–Trinajstić information content (AvgIpc) is 2.95. The van der Waals surface area contributed by atoms with Crippen molar-refractivity contribution in [2.45, 2.75) is 32.2 Å². The molecule has 0 bridgehead atoms. The molecule has 0 aliphatic carbocycles. The van der Waals surface area contributed by atoms with Gasteiger partial charge in [0.25, 0.3) is 0 Å². The molecule has 4 heteroatoms. The summed E-state index contributed by atoms with van der Waals surface area (Å²) in [6.07, 6.45) is 2.32. The van der Waals surface area contributed by atoms with E-state index >= 15 is 0 Å². The third-order valence-electron chi connectivity index (χ3n) is 4.10. The Hall–Kier alpha value is -1.55. The number of ether oxygens (including phenoxy) is 2. The van der Waals surface area contributed by atoms with E-state index < -0.39 is 0 Å². The summed E-state index contributed by atoms with van der Waals surface area (Å²) in [4.78, 5) is 14.6. The van der Waals surface area contributed by atoms with Crippen LogP contribution in [0.2, 0.25) is 0 Å². The highest BCUT2D eigenvalue weighted by molar-refractivity contribution is 5.98. The van der Waals surface area contributed by atoms with Gasteiger partial charge in [-0.3, -0.25) is 9.69 Å². The minimum absolute atomic E-state index is 0.131. The summed E-state index contributed by atoms with van der Waals surface area (Å²) in [5.41, 5.74) is 0.832. The van der Waals surface area contributed by atoms with E-state index in [1.807, 2.05) is 12.1 Å². The van der Waals surface area contributed by atoms with Crippen molar-refractivity contribution >= 4 is 5.78 Å². The first-order chi connectivity index (χ1) is 9.06. The maximum absolute atomic E-state index is 12.4. The largest absolute Gasteiger partial charge is 0.454 e. The summed E-state index contributed by atoms with van der Waals surface area (Å²) in [6, 6.07) is 5.41. The molecule has 0 amide bonds. The van der Waals surface area contributed by atoms with Gasteiger partial charge in [-0.2, -0.15) is 0 Å². The van der Waals surface area contributed by atoms with Crippen molar-refractivity contribution < 1.29 is 14.3 Å². The number of carbonyl (C=O) groups is 1. The molecule has 3 rings (SSSR count). The highest BCUT2D eigenvalue weighted by atomic mass is 16.7. The van der Waals surface area contributed by atoms with Crippen molar-refractivity contribution in [3.05, 3.63) is 23.8 Å². The first-order valence-corrected chi connectivity index (χ1v) is 6.74. The third kappa shape index (κ3) is 2.32. The lowest BCUT2D eigenvalue weighted by Crippen LogP contribution is -2.41. The minimum Gasteiger partial charge on any atom is -0.454 e. The van der Waals surface area contributed by atoms with Crippen molar-refractivity contribution in [1.29, 1.82) is 0 Å². The second kappa shape index (κ2) is 4.53. The molecule has 0 unspecified atom stereocenters. The van der Waals surface area contributed by atoms with Crippen LogP contribution in [0.5, 0.6) is 11.5 Å². The van der Waals surface area contributed by atoms with Crippen LogP contribution in [0.4, 0.5) is 0 Å². The molecular formula is C15H19NO3. The average molecular weight is 261 g/mol. The molecular weight excluding hydrogens is 242 g/mol. The first kappa shape index (κ1) is 12.5. The molecule has 0 N–H and O–H groups in total. The summed E-state index contributed by atoms with van der Waals surface area (Å²) in [5.74, 6) is 1.54. The Morgan fingerprint density at radius 2 is 2.11 bits per heavy atom. The fraction of sp³-hybridized carbons (Fsp3) is 0.533. The molecule has 2 aliphatic heterocycles. The molecule has 102 valence electrons. The summed E-state index contributed by atoms with van der Waals surface area (Å²) < 4.78 is 10.6. The molecule has 0 spiro atoms. The molecule has 2 aliphatic rings. The van der Waals surface area contributed by atoms with Crippen molar-refractivity contribution in [3.63, 3.8) is 0 Å². The normalized spacial score (nSPS) is 20.7. The number of likely N-dealkylation sites (tertiary alicyclic amines) is 1. The van der Waals surface area contributed by atoms with Gasteiger partial charge in [0, 0.05) is 11.1 Å². The molecule has 1 fully saturated rings. The molecule has 1 aromatic rings. The van der Waals surface area contributed by atoms with E-state index in [9.17, 15) is 4.79 Å². The van der Waals surface area contributed by atoms with Gasteiger partial charge in [0.1, 0.15) is 0 Å². The lowest BCUT2D eigenvalue weighted by atomic mass is 10.0. The monoisotopic (exact) mass is 261 g/mol. The number of Topliss-reactive ketones (excluding diaryl/α,β-unsaturated/α-hetero) is 1. The van der Waals surface area contributed by atoms with Gasteiger partial charge < -0.3 is 9.47 Å². The van der Waals surface area contributed by atoms with Gasteiger partial charge in [-0.25, -0.2) is 0 Å². The van der Waals surface area contributed by atoms with Crippen LogP contribution < -0.4 is 9.47 Å². The van der Waals surface area contributed by atoms with Gasteiger partial charge in [0.2, 0.25) is 6.79 Å². The van der Waals surface area contributed by atoms with Crippen LogP contribution >= 0.6 is 0 Å². The van der Waals surface area contributed by atoms with Crippen LogP contribution in [0.25, 0.3) is 0 Å². The predicted molar refractivity (Wildman–Crippen MR) is 71.8 cm³/mol. The number of carbonyl (C=O) groups excluding carboxylic acids is 1. The Balaban J connectivity index is 1.74. The van der Waals surface area contributed by atoms with E-state index in [0.717, 1.165) is 18.7 Å². The quantitative estimate of drug-likeness (QED) is 0.784. The van der Waals surface area contributed by atoms with E-state index in [4.69, 9.17) is 9.47 Å². The highest BCUT2D eigenvalue weighted by Gasteiger charge is 2.33. The summed E-state index contributed by atoms with van der Waals surface area (Å²) in [5, 5.41) is 0. The Kier molecular flexibility index (Phi) is 2.97. The van der Waals surface area contributed by atoms with E-state index in [-0.39, 0.29) is 18.1 Å². The van der Waals surface area contributed by atoms with Crippen molar-refractivity contribution in [3.8, 4) is 11.5 Å². The van der Waals surface area contributed by atoms with E-state index in [0.29, 0.717) is 17.9 Å². The van der Waals surface area contributed by atoms with Crippen molar-refractivity contribution in [1.82, 2.24) is 4.90 Å². The Labute approximate surface area is 113 Å². The fourth-order valence-corrected chi connectivity index (χ4v) is 2.79. The number of benzene rings is 1. The molecule has 0 radical (unpaired) electrons. The summed E-state index contributed by atoms with van der Waals surface area (Å²) in [6.45, 7) is 6.13. The molecule has 1 saturated heterocycles. The van der Waals surface area contributed by atoms with Gasteiger partial charge >= 0.3 is 0 Å². The van der Waals surface area contributed by atoms with Crippen LogP contribution in [0, 0.1) is 0 Å². The van der Waals surface area contributed by atoms with Gasteiger partial charge in [-0.05, 0) is 51.4 Å². The van der Waals surface area contributed by atoms with Crippen molar-refractivity contribution in [2.75, 3.05) is 19.9 Å². The van der Waals surface area contributed by atoms with E-state index in [2.05, 4.69) is 18.7 Å². The predicted octanol–water partition coefficient (Wildman–Crippen LogP) is 2.47. The van der Waals surface area contributed by atoms with Gasteiger partial charge in [0.15, 0.2) is 17.3 Å². The zero-order chi connectivity index (χ0) is 13.5. The molecule has 1 aromatic carbocycles. The van der Waals surface area contributed by atoms with E-state index in [1.54, 1.807) is 6.07 Å². The van der Waals surface area contributed by atoms with E-state index in [1.165, 1.54) is 6.42 Å². The topological polar surface area (TPSA) is 38.8 Å². The first-order valence-electron chi connectivity index (χ1n) is 6.74.